The number of nitrogens with zero attached hydrogens (tertiary/aromatic N) is 2. The summed E-state index contributed by atoms with van der Waals surface area (Å²) < 4.78 is 2.33. The van der Waals surface area contributed by atoms with Gasteiger partial charge in [-0.25, -0.2) is 4.98 Å². The van der Waals surface area contributed by atoms with E-state index in [1.165, 1.54) is 31.4 Å². The molecule has 1 aromatic rings. The van der Waals surface area contributed by atoms with Crippen molar-refractivity contribution in [2.75, 3.05) is 6.54 Å². The summed E-state index contributed by atoms with van der Waals surface area (Å²) in [7, 11) is 0. The van der Waals surface area contributed by atoms with Gasteiger partial charge in [-0.3, -0.25) is 0 Å². The summed E-state index contributed by atoms with van der Waals surface area (Å²) in [5, 5.41) is 3.40. The van der Waals surface area contributed by atoms with Crippen LogP contribution in [0.15, 0.2) is 12.5 Å². The fourth-order valence-electron chi connectivity index (χ4n) is 2.90. The first-order valence-electron chi connectivity index (χ1n) is 6.86. The van der Waals surface area contributed by atoms with Crippen LogP contribution >= 0.6 is 0 Å². The van der Waals surface area contributed by atoms with E-state index in [0.717, 1.165) is 13.1 Å². The van der Waals surface area contributed by atoms with Crippen LogP contribution in [-0.2, 0) is 6.54 Å². The van der Waals surface area contributed by atoms with Crippen LogP contribution < -0.4 is 5.32 Å². The number of imidazole rings is 1. The average molecular weight is 235 g/mol. The lowest BCUT2D eigenvalue weighted by Crippen LogP contribution is -2.20. The van der Waals surface area contributed by atoms with Gasteiger partial charge in [0.25, 0.3) is 0 Å². The van der Waals surface area contributed by atoms with Gasteiger partial charge in [0.15, 0.2) is 0 Å². The molecule has 0 amide bonds. The molecule has 0 saturated heterocycles. The Labute approximate surface area is 105 Å². The van der Waals surface area contributed by atoms with Crippen LogP contribution in [0.3, 0.4) is 0 Å². The minimum atomic E-state index is 0.425. The van der Waals surface area contributed by atoms with Crippen LogP contribution in [0.25, 0.3) is 0 Å². The molecule has 0 spiro atoms. The average Bonchev–Trinajstić information content (AvgIpc) is 2.85. The molecule has 1 unspecified atom stereocenters. The van der Waals surface area contributed by atoms with Gasteiger partial charge in [0, 0.05) is 18.8 Å². The van der Waals surface area contributed by atoms with Crippen molar-refractivity contribution in [3.8, 4) is 0 Å². The van der Waals surface area contributed by atoms with E-state index in [-0.39, 0.29) is 0 Å². The van der Waals surface area contributed by atoms with Gasteiger partial charge in [-0.15, -0.1) is 0 Å². The SMILES string of the molecule is CCCNCc1cn(C2CCCC2(C)C)cn1. The Morgan fingerprint density at radius 2 is 2.35 bits per heavy atom. The molecule has 0 bridgehead atoms. The van der Waals surface area contributed by atoms with Gasteiger partial charge < -0.3 is 9.88 Å². The Kier molecular flexibility index (Phi) is 3.87. The zero-order valence-corrected chi connectivity index (χ0v) is 11.4. The summed E-state index contributed by atoms with van der Waals surface area (Å²) in [6.45, 7) is 8.90. The Morgan fingerprint density at radius 3 is 3.00 bits per heavy atom. The Balaban J connectivity index is 1.98. The highest BCUT2D eigenvalue weighted by atomic mass is 15.1. The molecule has 3 heteroatoms. The smallest absolute Gasteiger partial charge is 0.0952 e. The highest BCUT2D eigenvalue weighted by Crippen LogP contribution is 2.45. The van der Waals surface area contributed by atoms with Crippen molar-refractivity contribution in [1.82, 2.24) is 14.9 Å². The summed E-state index contributed by atoms with van der Waals surface area (Å²) in [5.74, 6) is 0. The second kappa shape index (κ2) is 5.21. The molecule has 3 nitrogen and oxygen atoms in total. The minimum absolute atomic E-state index is 0.425. The molecular formula is C14H25N3. The third kappa shape index (κ3) is 2.89. The molecule has 1 fully saturated rings. The molecule has 1 atom stereocenters. The van der Waals surface area contributed by atoms with Gasteiger partial charge in [0.05, 0.1) is 12.0 Å². The highest BCUT2D eigenvalue weighted by Gasteiger charge is 2.35. The van der Waals surface area contributed by atoms with Crippen molar-refractivity contribution in [2.24, 2.45) is 5.41 Å². The van der Waals surface area contributed by atoms with Crippen molar-refractivity contribution in [3.63, 3.8) is 0 Å². The molecule has 1 aliphatic rings. The molecule has 1 aromatic heterocycles. The summed E-state index contributed by atoms with van der Waals surface area (Å²) in [4.78, 5) is 4.50. The van der Waals surface area contributed by atoms with Crippen LogP contribution in [0.1, 0.15) is 58.2 Å². The van der Waals surface area contributed by atoms with Crippen molar-refractivity contribution in [2.45, 2.75) is 59.0 Å². The van der Waals surface area contributed by atoms with E-state index in [4.69, 9.17) is 0 Å². The number of aromatic nitrogens is 2. The van der Waals surface area contributed by atoms with Crippen LogP contribution in [0, 0.1) is 5.41 Å². The lowest BCUT2D eigenvalue weighted by Gasteiger charge is -2.27. The number of hydrogen-bond acceptors (Lipinski definition) is 2. The third-order valence-corrected chi connectivity index (χ3v) is 3.95. The molecular weight excluding hydrogens is 210 g/mol. The van der Waals surface area contributed by atoms with E-state index < -0.39 is 0 Å². The summed E-state index contributed by atoms with van der Waals surface area (Å²) in [5.41, 5.74) is 1.59. The molecule has 0 radical (unpaired) electrons. The monoisotopic (exact) mass is 235 g/mol. The molecule has 1 N–H and O–H groups in total. The van der Waals surface area contributed by atoms with Crippen LogP contribution in [0.2, 0.25) is 0 Å². The van der Waals surface area contributed by atoms with E-state index in [2.05, 4.69) is 41.8 Å². The van der Waals surface area contributed by atoms with Crippen LogP contribution in [0.4, 0.5) is 0 Å². The first-order valence-corrected chi connectivity index (χ1v) is 6.86. The van der Waals surface area contributed by atoms with E-state index in [1.54, 1.807) is 0 Å². The molecule has 0 aromatic carbocycles. The fraction of sp³-hybridized carbons (Fsp3) is 0.786. The summed E-state index contributed by atoms with van der Waals surface area (Å²) >= 11 is 0. The predicted molar refractivity (Wildman–Crippen MR) is 70.9 cm³/mol. The van der Waals surface area contributed by atoms with Gasteiger partial charge in [0.2, 0.25) is 0 Å². The second-order valence-electron chi connectivity index (χ2n) is 5.89. The minimum Gasteiger partial charge on any atom is -0.334 e. The van der Waals surface area contributed by atoms with E-state index >= 15 is 0 Å². The normalized spacial score (nSPS) is 23.1. The Bertz CT molecular complexity index is 354. The first-order chi connectivity index (χ1) is 8.13. The number of nitrogens with one attached hydrogen (secondary N) is 1. The topological polar surface area (TPSA) is 29.9 Å². The number of rotatable bonds is 5. The van der Waals surface area contributed by atoms with Crippen molar-refractivity contribution in [3.05, 3.63) is 18.2 Å². The van der Waals surface area contributed by atoms with Gasteiger partial charge in [0.1, 0.15) is 0 Å². The fourth-order valence-corrected chi connectivity index (χ4v) is 2.90. The van der Waals surface area contributed by atoms with Crippen molar-refractivity contribution < 1.29 is 0 Å². The molecule has 1 saturated carbocycles. The standard InChI is InChI=1S/C14H25N3/c1-4-8-15-9-12-10-17(11-16-12)13-6-5-7-14(13,2)3/h10-11,13,15H,4-9H2,1-3H3. The quantitative estimate of drug-likeness (QED) is 0.795. The predicted octanol–water partition coefficient (Wildman–Crippen LogP) is 3.13. The Morgan fingerprint density at radius 1 is 1.53 bits per heavy atom. The Hall–Kier alpha value is -0.830. The van der Waals surface area contributed by atoms with E-state index in [1.807, 2.05) is 6.33 Å². The lowest BCUT2D eigenvalue weighted by atomic mass is 9.87. The van der Waals surface area contributed by atoms with E-state index in [0.29, 0.717) is 11.5 Å². The molecule has 1 heterocycles. The zero-order valence-electron chi connectivity index (χ0n) is 11.4. The lowest BCUT2D eigenvalue weighted by molar-refractivity contribution is 0.260. The molecule has 96 valence electrons. The van der Waals surface area contributed by atoms with Crippen molar-refractivity contribution >= 4 is 0 Å². The van der Waals surface area contributed by atoms with Gasteiger partial charge in [-0.1, -0.05) is 27.2 Å². The first kappa shape index (κ1) is 12.6. The van der Waals surface area contributed by atoms with Gasteiger partial charge >= 0.3 is 0 Å². The van der Waals surface area contributed by atoms with E-state index in [9.17, 15) is 0 Å². The third-order valence-electron chi connectivity index (χ3n) is 3.95. The molecule has 17 heavy (non-hydrogen) atoms. The summed E-state index contributed by atoms with van der Waals surface area (Å²) in [6, 6.07) is 0.634. The molecule has 1 aliphatic carbocycles. The zero-order chi connectivity index (χ0) is 12.3. The van der Waals surface area contributed by atoms with Crippen LogP contribution in [0.5, 0.6) is 0 Å². The summed E-state index contributed by atoms with van der Waals surface area (Å²) in [6.07, 6.45) is 9.39. The van der Waals surface area contributed by atoms with Gasteiger partial charge in [-0.2, -0.15) is 0 Å². The highest BCUT2D eigenvalue weighted by molar-refractivity contribution is 5.01. The maximum Gasteiger partial charge on any atom is 0.0952 e. The molecule has 2 rings (SSSR count). The maximum atomic E-state index is 4.50. The van der Waals surface area contributed by atoms with Crippen molar-refractivity contribution in [1.29, 1.82) is 0 Å². The number of hydrogen-bond donors (Lipinski definition) is 1. The molecule has 0 aliphatic heterocycles. The second-order valence-corrected chi connectivity index (χ2v) is 5.89. The van der Waals surface area contributed by atoms with Gasteiger partial charge in [-0.05, 0) is 31.2 Å². The maximum absolute atomic E-state index is 4.50. The largest absolute Gasteiger partial charge is 0.334 e. The van der Waals surface area contributed by atoms with Crippen LogP contribution in [-0.4, -0.2) is 16.1 Å².